The van der Waals surface area contributed by atoms with Crippen LogP contribution in [0.1, 0.15) is 38.3 Å². The molecule has 0 aliphatic carbocycles. The maximum atomic E-state index is 11.8. The first kappa shape index (κ1) is 15.8. The predicted molar refractivity (Wildman–Crippen MR) is 80.9 cm³/mol. The number of amides is 2. The van der Waals surface area contributed by atoms with Crippen LogP contribution < -0.4 is 15.4 Å². The van der Waals surface area contributed by atoms with Crippen LogP contribution in [0.15, 0.2) is 35.7 Å². The lowest BCUT2D eigenvalue weighted by atomic mass is 9.99. The van der Waals surface area contributed by atoms with Gasteiger partial charge in [0.1, 0.15) is 5.75 Å². The summed E-state index contributed by atoms with van der Waals surface area (Å²) in [6, 6.07) is 5.78. The number of nitrogens with one attached hydrogen (secondary N) is 2. The first-order valence-corrected chi connectivity index (χ1v) is 7.25. The summed E-state index contributed by atoms with van der Waals surface area (Å²) < 4.78 is 5.65. The molecule has 0 saturated heterocycles. The molecule has 0 bridgehead atoms. The van der Waals surface area contributed by atoms with E-state index >= 15 is 0 Å². The minimum Gasteiger partial charge on any atom is -0.493 e. The summed E-state index contributed by atoms with van der Waals surface area (Å²) in [5, 5.41) is 16.6. The van der Waals surface area contributed by atoms with Crippen LogP contribution in [-0.4, -0.2) is 17.6 Å². The molecule has 2 amide bonds. The fourth-order valence-corrected chi connectivity index (χ4v) is 2.38. The van der Waals surface area contributed by atoms with E-state index in [1.165, 1.54) is 0 Å². The van der Waals surface area contributed by atoms with Crippen LogP contribution in [0.3, 0.4) is 0 Å². The third-order valence-electron chi connectivity index (χ3n) is 3.36. The number of urea groups is 1. The number of allylic oxidation sites excluding steroid dienone is 1. The van der Waals surface area contributed by atoms with E-state index in [1.807, 2.05) is 6.92 Å². The number of para-hydroxylation sites is 1. The maximum absolute atomic E-state index is 11.8. The summed E-state index contributed by atoms with van der Waals surface area (Å²) in [6.07, 6.45) is 1.20. The van der Waals surface area contributed by atoms with Crippen LogP contribution in [0.5, 0.6) is 5.75 Å². The Morgan fingerprint density at radius 1 is 1.32 bits per heavy atom. The fraction of sp³-hybridized carbons (Fsp3) is 0.400. The zero-order valence-corrected chi connectivity index (χ0v) is 12.6. The van der Waals surface area contributed by atoms with E-state index < -0.39 is 17.0 Å². The Morgan fingerprint density at radius 3 is 2.68 bits per heavy atom. The third kappa shape index (κ3) is 3.19. The zero-order chi connectivity index (χ0) is 16.1. The Labute approximate surface area is 128 Å². The number of carbonyl (C=O) groups excluding carboxylic acids is 1. The summed E-state index contributed by atoms with van der Waals surface area (Å²) in [6.45, 7) is 4.25. The smallest absolute Gasteiger partial charge is 0.320 e. The van der Waals surface area contributed by atoms with Gasteiger partial charge >= 0.3 is 6.03 Å². The fourth-order valence-electron chi connectivity index (χ4n) is 2.38. The van der Waals surface area contributed by atoms with Crippen LogP contribution in [0.25, 0.3) is 0 Å². The van der Waals surface area contributed by atoms with Crippen LogP contribution in [0.4, 0.5) is 4.79 Å². The number of hydrogen-bond acceptors (Lipinski definition) is 4. The second-order valence-corrected chi connectivity index (χ2v) is 4.89. The molecule has 1 aromatic rings. The molecule has 1 heterocycles. The minimum atomic E-state index is -0.827. The molecule has 0 saturated carbocycles. The van der Waals surface area contributed by atoms with Gasteiger partial charge in [0.15, 0.2) is 6.04 Å². The molecule has 2 rings (SSSR count). The van der Waals surface area contributed by atoms with Crippen molar-refractivity contribution in [1.82, 2.24) is 10.6 Å². The van der Waals surface area contributed by atoms with Crippen LogP contribution in [0.2, 0.25) is 0 Å². The average molecular weight is 305 g/mol. The normalized spacial score (nSPS) is 17.7. The summed E-state index contributed by atoms with van der Waals surface area (Å²) in [5.74, 6) is 0.548. The third-order valence-corrected chi connectivity index (χ3v) is 3.36. The summed E-state index contributed by atoms with van der Waals surface area (Å²) >= 11 is 0. The van der Waals surface area contributed by atoms with Gasteiger partial charge in [-0.1, -0.05) is 32.0 Å². The monoisotopic (exact) mass is 305 g/mol. The Bertz CT molecular complexity index is 613. The molecule has 1 aliphatic heterocycles. The van der Waals surface area contributed by atoms with Gasteiger partial charge in [0.2, 0.25) is 0 Å². The van der Waals surface area contributed by atoms with E-state index in [2.05, 4.69) is 10.6 Å². The van der Waals surface area contributed by atoms with Gasteiger partial charge in [-0.25, -0.2) is 4.79 Å². The Kier molecular flexibility index (Phi) is 4.98. The van der Waals surface area contributed by atoms with Gasteiger partial charge in [-0.3, -0.25) is 10.1 Å². The van der Waals surface area contributed by atoms with E-state index in [9.17, 15) is 14.9 Å². The number of rotatable bonds is 6. The lowest BCUT2D eigenvalue weighted by Crippen LogP contribution is -2.45. The van der Waals surface area contributed by atoms with Crippen molar-refractivity contribution in [3.05, 3.63) is 51.3 Å². The topological polar surface area (TPSA) is 93.5 Å². The molecule has 2 N–H and O–H groups in total. The largest absolute Gasteiger partial charge is 0.493 e. The van der Waals surface area contributed by atoms with Crippen molar-refractivity contribution >= 4 is 6.03 Å². The van der Waals surface area contributed by atoms with Gasteiger partial charge in [0.25, 0.3) is 5.70 Å². The molecular formula is C15H19N3O4. The summed E-state index contributed by atoms with van der Waals surface area (Å²) in [4.78, 5) is 22.8. The number of ether oxygens (including phenoxy) is 1. The first-order valence-electron chi connectivity index (χ1n) is 7.25. The van der Waals surface area contributed by atoms with Crippen LogP contribution in [-0.2, 0) is 0 Å². The van der Waals surface area contributed by atoms with Gasteiger partial charge in [-0.05, 0) is 18.9 Å². The molecule has 1 aromatic carbocycles. The molecule has 22 heavy (non-hydrogen) atoms. The van der Waals surface area contributed by atoms with Crippen molar-refractivity contribution in [1.29, 1.82) is 0 Å². The van der Waals surface area contributed by atoms with Crippen molar-refractivity contribution in [2.24, 2.45) is 0 Å². The van der Waals surface area contributed by atoms with E-state index in [0.29, 0.717) is 30.0 Å². The molecular weight excluding hydrogens is 286 g/mol. The highest BCUT2D eigenvalue weighted by Gasteiger charge is 2.37. The Balaban J connectivity index is 2.49. The predicted octanol–water partition coefficient (Wildman–Crippen LogP) is 2.73. The molecule has 0 radical (unpaired) electrons. The standard InChI is InChI=1S/C15H19N3O4/c1-3-9-22-12-8-6-5-7-10(12)13-14(18(20)21)11(4-2)16-15(19)17-13/h5-8,13H,3-4,9H2,1-2H3,(H2,16,17,19)/t13-/m0/s1. The van der Waals surface area contributed by atoms with Crippen LogP contribution in [0, 0.1) is 10.1 Å². The highest BCUT2D eigenvalue weighted by Crippen LogP contribution is 2.33. The van der Waals surface area contributed by atoms with Crippen molar-refractivity contribution in [2.75, 3.05) is 6.61 Å². The average Bonchev–Trinajstić information content (AvgIpc) is 2.51. The van der Waals surface area contributed by atoms with Crippen molar-refractivity contribution < 1.29 is 14.5 Å². The highest BCUT2D eigenvalue weighted by atomic mass is 16.6. The highest BCUT2D eigenvalue weighted by molar-refractivity contribution is 5.78. The molecule has 7 heteroatoms. The van der Waals surface area contributed by atoms with E-state index in [0.717, 1.165) is 6.42 Å². The van der Waals surface area contributed by atoms with Crippen molar-refractivity contribution in [3.63, 3.8) is 0 Å². The molecule has 1 atom stereocenters. The second kappa shape index (κ2) is 6.93. The number of hydrogen-bond donors (Lipinski definition) is 2. The molecule has 0 unspecified atom stereocenters. The van der Waals surface area contributed by atoms with Gasteiger partial charge in [-0.2, -0.15) is 0 Å². The van der Waals surface area contributed by atoms with E-state index in [1.54, 1.807) is 31.2 Å². The number of nitrogens with zero attached hydrogens (tertiary/aromatic N) is 1. The van der Waals surface area contributed by atoms with Crippen molar-refractivity contribution in [2.45, 2.75) is 32.7 Å². The molecule has 0 aromatic heterocycles. The van der Waals surface area contributed by atoms with Gasteiger partial charge < -0.3 is 15.4 Å². The first-order chi connectivity index (χ1) is 10.6. The number of benzene rings is 1. The van der Waals surface area contributed by atoms with Gasteiger partial charge in [0, 0.05) is 5.56 Å². The summed E-state index contributed by atoms with van der Waals surface area (Å²) in [7, 11) is 0. The molecule has 0 fully saturated rings. The van der Waals surface area contributed by atoms with E-state index in [-0.39, 0.29) is 5.70 Å². The second-order valence-electron chi connectivity index (χ2n) is 4.89. The number of nitro groups is 1. The maximum Gasteiger partial charge on any atom is 0.320 e. The lowest BCUT2D eigenvalue weighted by Gasteiger charge is -2.25. The van der Waals surface area contributed by atoms with Gasteiger partial charge in [-0.15, -0.1) is 0 Å². The number of carbonyl (C=O) groups is 1. The SMILES string of the molecule is CCCOc1ccccc1[C@@H]1NC(=O)NC(CC)=C1[N+](=O)[O-]. The van der Waals surface area contributed by atoms with Crippen LogP contribution >= 0.6 is 0 Å². The molecule has 118 valence electrons. The molecule has 7 nitrogen and oxygen atoms in total. The van der Waals surface area contributed by atoms with Crippen molar-refractivity contribution in [3.8, 4) is 5.75 Å². The Hall–Kier alpha value is -2.57. The zero-order valence-electron chi connectivity index (χ0n) is 12.6. The van der Waals surface area contributed by atoms with Gasteiger partial charge in [0.05, 0.1) is 17.2 Å². The van der Waals surface area contributed by atoms with E-state index in [4.69, 9.17) is 4.74 Å². The minimum absolute atomic E-state index is 0.0466. The molecule has 1 aliphatic rings. The summed E-state index contributed by atoms with van der Waals surface area (Å²) in [5.41, 5.74) is 0.863. The lowest BCUT2D eigenvalue weighted by molar-refractivity contribution is -0.433. The quantitative estimate of drug-likeness (QED) is 0.624. The Morgan fingerprint density at radius 2 is 2.05 bits per heavy atom. The molecule has 0 spiro atoms.